The Labute approximate surface area is 128 Å². The summed E-state index contributed by atoms with van der Waals surface area (Å²) in [6.45, 7) is 8.87. The number of carbonyl (C=O) groups excluding carboxylic acids is 1. The fourth-order valence-corrected chi connectivity index (χ4v) is 3.17. The topological polar surface area (TPSA) is 66.9 Å². The van der Waals surface area contributed by atoms with Gasteiger partial charge in [-0.15, -0.1) is 11.3 Å². The lowest BCUT2D eigenvalue weighted by Gasteiger charge is -2.13. The Balaban J connectivity index is 2.05. The molecule has 0 saturated carbocycles. The maximum absolute atomic E-state index is 12.2. The van der Waals surface area contributed by atoms with Crippen LogP contribution < -0.4 is 10.6 Å². The van der Waals surface area contributed by atoms with Crippen LogP contribution in [0.1, 0.15) is 45.7 Å². The molecular weight excluding hydrogens is 284 g/mol. The SMILES string of the molecule is CCNc1cnc(C(=O)NC(C)c2cc(C)sc2C)cn1. The maximum Gasteiger partial charge on any atom is 0.271 e. The second kappa shape index (κ2) is 6.67. The highest BCUT2D eigenvalue weighted by Crippen LogP contribution is 2.26. The minimum Gasteiger partial charge on any atom is -0.369 e. The molecule has 0 aliphatic rings. The van der Waals surface area contributed by atoms with Crippen molar-refractivity contribution in [2.75, 3.05) is 11.9 Å². The average molecular weight is 304 g/mol. The van der Waals surface area contributed by atoms with Gasteiger partial charge in [0.05, 0.1) is 18.4 Å². The van der Waals surface area contributed by atoms with E-state index in [1.807, 2.05) is 13.8 Å². The van der Waals surface area contributed by atoms with Crippen LogP contribution in [0, 0.1) is 13.8 Å². The highest BCUT2D eigenvalue weighted by atomic mass is 32.1. The van der Waals surface area contributed by atoms with Crippen LogP contribution in [0.5, 0.6) is 0 Å². The van der Waals surface area contributed by atoms with Gasteiger partial charge in [-0.3, -0.25) is 4.79 Å². The van der Waals surface area contributed by atoms with Gasteiger partial charge in [0.1, 0.15) is 11.5 Å². The number of carbonyl (C=O) groups is 1. The maximum atomic E-state index is 12.2. The zero-order chi connectivity index (χ0) is 15.4. The van der Waals surface area contributed by atoms with Crippen molar-refractivity contribution >= 4 is 23.1 Å². The summed E-state index contributed by atoms with van der Waals surface area (Å²) in [6, 6.07) is 2.07. The van der Waals surface area contributed by atoms with E-state index in [1.165, 1.54) is 16.0 Å². The Morgan fingerprint density at radius 3 is 2.62 bits per heavy atom. The van der Waals surface area contributed by atoms with Gasteiger partial charge in [0.2, 0.25) is 0 Å². The van der Waals surface area contributed by atoms with Crippen LogP contribution in [0.3, 0.4) is 0 Å². The van der Waals surface area contributed by atoms with E-state index >= 15 is 0 Å². The van der Waals surface area contributed by atoms with E-state index < -0.39 is 0 Å². The minimum absolute atomic E-state index is 0.0438. The zero-order valence-corrected chi connectivity index (χ0v) is 13.5. The molecule has 0 aliphatic carbocycles. The van der Waals surface area contributed by atoms with Crippen molar-refractivity contribution in [2.45, 2.75) is 33.7 Å². The van der Waals surface area contributed by atoms with E-state index in [9.17, 15) is 4.79 Å². The smallest absolute Gasteiger partial charge is 0.271 e. The summed E-state index contributed by atoms with van der Waals surface area (Å²) in [5, 5.41) is 6.01. The standard InChI is InChI=1S/C15H20N4OS/c1-5-16-14-8-17-13(7-18-14)15(20)19-10(3)12-6-9(2)21-11(12)4/h6-8,10H,5H2,1-4H3,(H,16,18)(H,19,20). The van der Waals surface area contributed by atoms with Crippen LogP contribution in [0.15, 0.2) is 18.5 Å². The van der Waals surface area contributed by atoms with E-state index in [0.29, 0.717) is 11.5 Å². The molecule has 1 atom stereocenters. The van der Waals surface area contributed by atoms with Crippen molar-refractivity contribution in [3.63, 3.8) is 0 Å². The highest BCUT2D eigenvalue weighted by Gasteiger charge is 2.16. The largest absolute Gasteiger partial charge is 0.369 e. The fraction of sp³-hybridized carbons (Fsp3) is 0.400. The average Bonchev–Trinajstić information content (AvgIpc) is 2.79. The Bertz CT molecular complexity index is 621. The first-order valence-corrected chi connectivity index (χ1v) is 7.76. The number of nitrogens with one attached hydrogen (secondary N) is 2. The number of hydrogen-bond donors (Lipinski definition) is 2. The molecule has 6 heteroatoms. The van der Waals surface area contributed by atoms with Crippen LogP contribution in [0.2, 0.25) is 0 Å². The van der Waals surface area contributed by atoms with E-state index in [4.69, 9.17) is 0 Å². The first-order chi connectivity index (χ1) is 10.0. The van der Waals surface area contributed by atoms with Gasteiger partial charge < -0.3 is 10.6 Å². The molecule has 5 nitrogen and oxygen atoms in total. The summed E-state index contributed by atoms with van der Waals surface area (Å²) < 4.78 is 0. The van der Waals surface area contributed by atoms with Gasteiger partial charge in [0.15, 0.2) is 0 Å². The lowest BCUT2D eigenvalue weighted by molar-refractivity contribution is 0.0934. The third-order valence-electron chi connectivity index (χ3n) is 3.14. The zero-order valence-electron chi connectivity index (χ0n) is 12.7. The lowest BCUT2D eigenvalue weighted by atomic mass is 10.1. The van der Waals surface area contributed by atoms with Crippen molar-refractivity contribution in [2.24, 2.45) is 0 Å². The van der Waals surface area contributed by atoms with Gasteiger partial charge in [-0.1, -0.05) is 0 Å². The molecule has 0 aliphatic heterocycles. The number of anilines is 1. The lowest BCUT2D eigenvalue weighted by Crippen LogP contribution is -2.27. The minimum atomic E-state index is -0.207. The number of aromatic nitrogens is 2. The first kappa shape index (κ1) is 15.4. The van der Waals surface area contributed by atoms with Crippen LogP contribution in [-0.4, -0.2) is 22.4 Å². The molecule has 112 valence electrons. The summed E-state index contributed by atoms with van der Waals surface area (Å²) in [4.78, 5) is 23.0. The molecule has 1 unspecified atom stereocenters. The molecule has 2 N–H and O–H groups in total. The molecular formula is C15H20N4OS. The Hall–Kier alpha value is -1.95. The predicted octanol–water partition coefficient (Wildman–Crippen LogP) is 3.08. The quantitative estimate of drug-likeness (QED) is 0.891. The molecule has 0 saturated heterocycles. The van der Waals surface area contributed by atoms with Gasteiger partial charge in [0.25, 0.3) is 5.91 Å². The van der Waals surface area contributed by atoms with Gasteiger partial charge >= 0.3 is 0 Å². The van der Waals surface area contributed by atoms with Crippen LogP contribution in [0.4, 0.5) is 5.82 Å². The molecule has 0 fully saturated rings. The molecule has 0 radical (unpaired) electrons. The number of aryl methyl sites for hydroxylation is 2. The van der Waals surface area contributed by atoms with Crippen molar-refractivity contribution in [1.29, 1.82) is 0 Å². The number of hydrogen-bond acceptors (Lipinski definition) is 5. The second-order valence-corrected chi connectivity index (χ2v) is 6.34. The Morgan fingerprint density at radius 2 is 2.10 bits per heavy atom. The number of thiophene rings is 1. The normalized spacial score (nSPS) is 12.0. The van der Waals surface area contributed by atoms with Crippen molar-refractivity contribution < 1.29 is 4.79 Å². The summed E-state index contributed by atoms with van der Waals surface area (Å²) in [5.41, 5.74) is 1.48. The summed E-state index contributed by atoms with van der Waals surface area (Å²) in [5.74, 6) is 0.465. The monoisotopic (exact) mass is 304 g/mol. The molecule has 21 heavy (non-hydrogen) atoms. The molecule has 0 spiro atoms. The molecule has 0 bridgehead atoms. The van der Waals surface area contributed by atoms with Crippen molar-refractivity contribution in [3.05, 3.63) is 39.5 Å². The summed E-state index contributed by atoms with van der Waals surface area (Å²) >= 11 is 1.74. The first-order valence-electron chi connectivity index (χ1n) is 6.95. The molecule has 1 amide bonds. The number of rotatable bonds is 5. The summed E-state index contributed by atoms with van der Waals surface area (Å²) in [6.07, 6.45) is 3.06. The van der Waals surface area contributed by atoms with Crippen LogP contribution in [0.25, 0.3) is 0 Å². The van der Waals surface area contributed by atoms with Crippen molar-refractivity contribution in [3.8, 4) is 0 Å². The van der Waals surface area contributed by atoms with Crippen LogP contribution in [-0.2, 0) is 0 Å². The third kappa shape index (κ3) is 3.78. The van der Waals surface area contributed by atoms with E-state index in [-0.39, 0.29) is 11.9 Å². The van der Waals surface area contributed by atoms with Crippen molar-refractivity contribution in [1.82, 2.24) is 15.3 Å². The fourth-order valence-electron chi connectivity index (χ4n) is 2.15. The Morgan fingerprint density at radius 1 is 1.33 bits per heavy atom. The summed E-state index contributed by atoms with van der Waals surface area (Å²) in [7, 11) is 0. The molecule has 2 rings (SSSR count). The molecule has 2 aromatic heterocycles. The van der Waals surface area contributed by atoms with E-state index in [0.717, 1.165) is 12.1 Å². The Kier molecular flexibility index (Phi) is 4.90. The molecule has 0 aromatic carbocycles. The van der Waals surface area contributed by atoms with Gasteiger partial charge in [0, 0.05) is 16.3 Å². The van der Waals surface area contributed by atoms with Gasteiger partial charge in [-0.25, -0.2) is 9.97 Å². The molecule has 2 aromatic rings. The van der Waals surface area contributed by atoms with Crippen LogP contribution >= 0.6 is 11.3 Å². The second-order valence-electron chi connectivity index (χ2n) is 4.88. The van der Waals surface area contributed by atoms with Gasteiger partial charge in [-0.2, -0.15) is 0 Å². The number of amides is 1. The van der Waals surface area contributed by atoms with E-state index in [1.54, 1.807) is 17.5 Å². The predicted molar refractivity (Wildman–Crippen MR) is 85.9 cm³/mol. The third-order valence-corrected chi connectivity index (χ3v) is 4.12. The number of nitrogens with zero attached hydrogens (tertiary/aromatic N) is 2. The highest BCUT2D eigenvalue weighted by molar-refractivity contribution is 7.12. The van der Waals surface area contributed by atoms with E-state index in [2.05, 4.69) is 40.5 Å². The van der Waals surface area contributed by atoms with Gasteiger partial charge in [-0.05, 0) is 39.3 Å². The molecule has 2 heterocycles.